The lowest BCUT2D eigenvalue weighted by Crippen LogP contribution is -1.96. The Hall–Kier alpha value is -1.81. The topological polar surface area (TPSA) is 55.8 Å². The molecule has 0 fully saturated rings. The summed E-state index contributed by atoms with van der Waals surface area (Å²) in [5.41, 5.74) is 1.73. The van der Waals surface area contributed by atoms with Crippen molar-refractivity contribution in [3.8, 4) is 5.75 Å². The molecule has 1 aromatic rings. The molecule has 1 aromatic carbocycles. The van der Waals surface area contributed by atoms with E-state index in [1.807, 2.05) is 18.2 Å². The Morgan fingerprint density at radius 1 is 1.44 bits per heavy atom. The predicted octanol–water partition coefficient (Wildman–Crippen LogP) is 2.72. The van der Waals surface area contributed by atoms with Gasteiger partial charge in [-0.05, 0) is 30.2 Å². The van der Waals surface area contributed by atoms with Gasteiger partial charge in [0.2, 0.25) is 0 Å². The Morgan fingerprint density at radius 3 is 2.83 bits per heavy atom. The monoisotopic (exact) mass is 250 g/mol. The predicted molar refractivity (Wildman–Crippen MR) is 69.6 cm³/mol. The summed E-state index contributed by atoms with van der Waals surface area (Å²) in [6, 6.07) is 5.59. The van der Waals surface area contributed by atoms with Crippen molar-refractivity contribution in [1.29, 1.82) is 0 Å². The van der Waals surface area contributed by atoms with Crippen LogP contribution in [0.5, 0.6) is 5.75 Å². The van der Waals surface area contributed by atoms with E-state index in [9.17, 15) is 4.79 Å². The molecule has 0 aliphatic heterocycles. The van der Waals surface area contributed by atoms with Gasteiger partial charge >= 0.3 is 5.97 Å². The molecule has 4 nitrogen and oxygen atoms in total. The van der Waals surface area contributed by atoms with Gasteiger partial charge in [-0.2, -0.15) is 0 Å². The highest BCUT2D eigenvalue weighted by Crippen LogP contribution is 2.21. The maximum Gasteiger partial charge on any atom is 0.328 e. The Balaban J connectivity index is 2.84. The molecule has 98 valence electrons. The van der Waals surface area contributed by atoms with Crippen molar-refractivity contribution in [2.45, 2.75) is 20.0 Å². The SMILES string of the molecule is CCCOCc1ccc(OC)c(C=CC(=O)O)c1. The van der Waals surface area contributed by atoms with Crippen LogP contribution in [0.2, 0.25) is 0 Å². The van der Waals surface area contributed by atoms with E-state index in [4.69, 9.17) is 14.6 Å². The van der Waals surface area contributed by atoms with Crippen molar-refractivity contribution < 1.29 is 19.4 Å². The van der Waals surface area contributed by atoms with Crippen LogP contribution in [0.15, 0.2) is 24.3 Å². The third-order valence-electron chi connectivity index (χ3n) is 2.32. The summed E-state index contributed by atoms with van der Waals surface area (Å²) in [4.78, 5) is 10.5. The molecule has 0 unspecified atom stereocenters. The first-order valence-corrected chi connectivity index (χ1v) is 5.83. The lowest BCUT2D eigenvalue weighted by Gasteiger charge is -2.08. The number of ether oxygens (including phenoxy) is 2. The van der Waals surface area contributed by atoms with Crippen LogP contribution >= 0.6 is 0 Å². The van der Waals surface area contributed by atoms with Gasteiger partial charge in [0.15, 0.2) is 0 Å². The minimum absolute atomic E-state index is 0.520. The summed E-state index contributed by atoms with van der Waals surface area (Å²) in [5.74, 6) is -0.337. The van der Waals surface area contributed by atoms with E-state index in [0.29, 0.717) is 19.0 Å². The number of hydrogen-bond donors (Lipinski definition) is 1. The van der Waals surface area contributed by atoms with E-state index in [0.717, 1.165) is 23.6 Å². The highest BCUT2D eigenvalue weighted by Gasteiger charge is 2.02. The van der Waals surface area contributed by atoms with Crippen LogP contribution < -0.4 is 4.74 Å². The standard InChI is InChI=1S/C14H18O4/c1-3-8-18-10-11-4-6-13(17-2)12(9-11)5-7-14(15)16/h4-7,9H,3,8,10H2,1-2H3,(H,15,16). The quantitative estimate of drug-likeness (QED) is 0.597. The molecule has 0 heterocycles. The lowest BCUT2D eigenvalue weighted by atomic mass is 10.1. The summed E-state index contributed by atoms with van der Waals surface area (Å²) in [7, 11) is 1.56. The Bertz CT molecular complexity index is 424. The van der Waals surface area contributed by atoms with E-state index in [-0.39, 0.29) is 0 Å². The van der Waals surface area contributed by atoms with Gasteiger partial charge in [-0.15, -0.1) is 0 Å². The molecule has 0 aliphatic rings. The molecule has 1 N–H and O–H groups in total. The van der Waals surface area contributed by atoms with Gasteiger partial charge in [0.05, 0.1) is 13.7 Å². The molecule has 0 saturated heterocycles. The maximum atomic E-state index is 10.5. The Kier molecular flexibility index (Phi) is 5.94. The van der Waals surface area contributed by atoms with E-state index in [2.05, 4.69) is 6.92 Å². The molecule has 18 heavy (non-hydrogen) atoms. The number of methoxy groups -OCH3 is 1. The highest BCUT2D eigenvalue weighted by molar-refractivity contribution is 5.85. The molecule has 0 spiro atoms. The summed E-state index contributed by atoms with van der Waals surface area (Å²) in [5, 5.41) is 8.63. The molecule has 0 saturated carbocycles. The Labute approximate surface area is 107 Å². The maximum absolute atomic E-state index is 10.5. The van der Waals surface area contributed by atoms with Gasteiger partial charge in [0, 0.05) is 18.2 Å². The molecule has 0 aromatic heterocycles. The summed E-state index contributed by atoms with van der Waals surface area (Å²) in [6.45, 7) is 3.28. The smallest absolute Gasteiger partial charge is 0.328 e. The average Bonchev–Trinajstić information content (AvgIpc) is 2.37. The molecule has 4 heteroatoms. The minimum Gasteiger partial charge on any atom is -0.496 e. The number of carboxylic acids is 1. The first kappa shape index (κ1) is 14.3. The van der Waals surface area contributed by atoms with Gasteiger partial charge in [-0.1, -0.05) is 13.0 Å². The molecular weight excluding hydrogens is 232 g/mol. The molecular formula is C14H18O4. The summed E-state index contributed by atoms with van der Waals surface area (Å²) >= 11 is 0. The van der Waals surface area contributed by atoms with Crippen molar-refractivity contribution in [2.24, 2.45) is 0 Å². The van der Waals surface area contributed by atoms with E-state index in [1.165, 1.54) is 6.08 Å². The number of benzene rings is 1. The van der Waals surface area contributed by atoms with Crippen molar-refractivity contribution >= 4 is 12.0 Å². The van der Waals surface area contributed by atoms with Crippen molar-refractivity contribution in [3.05, 3.63) is 35.4 Å². The van der Waals surface area contributed by atoms with Crippen LogP contribution in [-0.2, 0) is 16.1 Å². The normalized spacial score (nSPS) is 10.8. The van der Waals surface area contributed by atoms with Crippen LogP contribution in [-0.4, -0.2) is 24.8 Å². The fourth-order valence-electron chi connectivity index (χ4n) is 1.50. The third kappa shape index (κ3) is 4.59. The van der Waals surface area contributed by atoms with Gasteiger partial charge < -0.3 is 14.6 Å². The summed E-state index contributed by atoms with van der Waals surface area (Å²) < 4.78 is 10.6. The van der Waals surface area contributed by atoms with Crippen LogP contribution in [0, 0.1) is 0 Å². The van der Waals surface area contributed by atoms with Crippen molar-refractivity contribution in [3.63, 3.8) is 0 Å². The number of rotatable bonds is 7. The third-order valence-corrected chi connectivity index (χ3v) is 2.32. The van der Waals surface area contributed by atoms with Gasteiger partial charge in [-0.3, -0.25) is 0 Å². The second kappa shape index (κ2) is 7.50. The Morgan fingerprint density at radius 2 is 2.22 bits per heavy atom. The summed E-state index contributed by atoms with van der Waals surface area (Å²) in [6.07, 6.45) is 3.58. The molecule has 0 radical (unpaired) electrons. The number of carboxylic acid groups (broad SMARTS) is 1. The van der Waals surface area contributed by atoms with Gasteiger partial charge in [0.1, 0.15) is 5.75 Å². The van der Waals surface area contributed by atoms with Gasteiger partial charge in [-0.25, -0.2) is 4.79 Å². The van der Waals surface area contributed by atoms with Gasteiger partial charge in [0.25, 0.3) is 0 Å². The largest absolute Gasteiger partial charge is 0.496 e. The zero-order valence-corrected chi connectivity index (χ0v) is 10.7. The fraction of sp³-hybridized carbons (Fsp3) is 0.357. The average molecular weight is 250 g/mol. The van der Waals surface area contributed by atoms with Crippen molar-refractivity contribution in [1.82, 2.24) is 0 Å². The van der Waals surface area contributed by atoms with E-state index < -0.39 is 5.97 Å². The highest BCUT2D eigenvalue weighted by atomic mass is 16.5. The molecule has 0 aliphatic carbocycles. The second-order valence-corrected chi connectivity index (χ2v) is 3.80. The zero-order chi connectivity index (χ0) is 13.4. The van der Waals surface area contributed by atoms with Crippen LogP contribution in [0.3, 0.4) is 0 Å². The van der Waals surface area contributed by atoms with Crippen LogP contribution in [0.4, 0.5) is 0 Å². The number of aliphatic carboxylic acids is 1. The van der Waals surface area contributed by atoms with E-state index >= 15 is 0 Å². The molecule has 1 rings (SSSR count). The first-order chi connectivity index (χ1) is 8.67. The fourth-order valence-corrected chi connectivity index (χ4v) is 1.50. The first-order valence-electron chi connectivity index (χ1n) is 5.83. The minimum atomic E-state index is -0.982. The van der Waals surface area contributed by atoms with Crippen molar-refractivity contribution in [2.75, 3.05) is 13.7 Å². The number of hydrogen-bond acceptors (Lipinski definition) is 3. The molecule has 0 atom stereocenters. The van der Waals surface area contributed by atoms with E-state index in [1.54, 1.807) is 7.11 Å². The lowest BCUT2D eigenvalue weighted by molar-refractivity contribution is -0.131. The van der Waals surface area contributed by atoms with Crippen LogP contribution in [0.25, 0.3) is 6.08 Å². The number of carbonyl (C=O) groups is 1. The molecule has 0 bridgehead atoms. The second-order valence-electron chi connectivity index (χ2n) is 3.80. The van der Waals surface area contributed by atoms with Crippen LogP contribution in [0.1, 0.15) is 24.5 Å². The zero-order valence-electron chi connectivity index (χ0n) is 10.7. The molecule has 0 amide bonds.